The number of hydrogen-bond acceptors (Lipinski definition) is 4. The van der Waals surface area contributed by atoms with Gasteiger partial charge < -0.3 is 20.7 Å². The van der Waals surface area contributed by atoms with E-state index in [2.05, 4.69) is 5.92 Å². The van der Waals surface area contributed by atoms with Crippen molar-refractivity contribution < 1.29 is 19.3 Å². The zero-order valence-corrected chi connectivity index (χ0v) is 13.3. The summed E-state index contributed by atoms with van der Waals surface area (Å²) in [6.07, 6.45) is 9.90. The Morgan fingerprint density at radius 1 is 1.42 bits per heavy atom. The van der Waals surface area contributed by atoms with Gasteiger partial charge in [-0.3, -0.25) is 0 Å². The fourth-order valence-corrected chi connectivity index (χ4v) is 3.02. The van der Waals surface area contributed by atoms with Crippen molar-refractivity contribution in [2.24, 2.45) is 0 Å². The monoisotopic (exact) mass is 348 g/mol. The van der Waals surface area contributed by atoms with Crippen molar-refractivity contribution in [1.29, 1.82) is 0 Å². The molecule has 0 saturated carbocycles. The largest absolute Gasteiger partial charge is 0.494 e. The average Bonchev–Trinajstić information content (AvgIpc) is 2.80. The molecule has 0 spiro atoms. The number of hydrogen-bond donors (Lipinski definition) is 3. The van der Waals surface area contributed by atoms with Crippen LogP contribution in [0.15, 0.2) is 12.1 Å². The van der Waals surface area contributed by atoms with E-state index in [9.17, 15) is 14.6 Å². The number of aromatic nitrogens is 1. The van der Waals surface area contributed by atoms with Gasteiger partial charge in [0.25, 0.3) is 0 Å². The Bertz CT molecular complexity index is 897. The molecule has 0 atom stereocenters. The van der Waals surface area contributed by atoms with Crippen LogP contribution in [0.25, 0.3) is 11.8 Å². The first-order valence-electron chi connectivity index (χ1n) is 7.13. The summed E-state index contributed by atoms with van der Waals surface area (Å²) in [6, 6.07) is 0.993. The number of terminal acetylenes is 1. The third-order valence-corrected chi connectivity index (χ3v) is 4.11. The minimum absolute atomic E-state index is 0.00738. The second-order valence-corrected chi connectivity index (χ2v) is 5.65. The van der Waals surface area contributed by atoms with Crippen LogP contribution in [0, 0.1) is 18.2 Å². The highest BCUT2D eigenvalue weighted by Crippen LogP contribution is 2.45. The molecule has 0 fully saturated rings. The summed E-state index contributed by atoms with van der Waals surface area (Å²) >= 11 is 5.95. The number of rotatable bonds is 3. The molecule has 1 aliphatic rings. The second-order valence-electron chi connectivity index (χ2n) is 5.24. The van der Waals surface area contributed by atoms with Crippen molar-refractivity contribution in [2.45, 2.75) is 12.8 Å². The van der Waals surface area contributed by atoms with E-state index in [4.69, 9.17) is 28.5 Å². The van der Waals surface area contributed by atoms with Crippen molar-refractivity contribution in [2.75, 3.05) is 12.3 Å². The number of fused-ring (bicyclic) bond motifs is 1. The Morgan fingerprint density at radius 2 is 2.17 bits per heavy atom. The molecule has 0 bridgehead atoms. The van der Waals surface area contributed by atoms with Gasteiger partial charge in [0, 0.05) is 11.1 Å². The summed E-state index contributed by atoms with van der Waals surface area (Å²) in [5.74, 6) is 0.856. The predicted molar refractivity (Wildman–Crippen MR) is 90.2 cm³/mol. The standard InChI is InChI=1S/C17H14ClFN2O3/c1-2-7-24-15-11(18)8-12(19)14(13(15)20)21-16(22)9-5-3-4-6-10(9)17(21)23/h1,3,5,8,22-23H,4,6-7,20H2. The number of anilines is 1. The summed E-state index contributed by atoms with van der Waals surface area (Å²) in [5, 5.41) is 20.8. The lowest BCUT2D eigenvalue weighted by molar-refractivity contribution is 0.370. The molecule has 24 heavy (non-hydrogen) atoms. The fourth-order valence-electron chi connectivity index (χ4n) is 2.77. The first-order valence-corrected chi connectivity index (χ1v) is 7.51. The molecule has 0 saturated heterocycles. The van der Waals surface area contributed by atoms with Gasteiger partial charge in [-0.25, -0.2) is 8.96 Å². The van der Waals surface area contributed by atoms with E-state index >= 15 is 0 Å². The molecule has 1 aliphatic carbocycles. The molecule has 2 aromatic rings. The van der Waals surface area contributed by atoms with Gasteiger partial charge in [-0.15, -0.1) is 6.42 Å². The minimum Gasteiger partial charge on any atom is -0.494 e. The fraction of sp³-hybridized carbons (Fsp3) is 0.176. The van der Waals surface area contributed by atoms with Crippen molar-refractivity contribution in [3.63, 3.8) is 0 Å². The zero-order chi connectivity index (χ0) is 17.4. The van der Waals surface area contributed by atoms with Crippen LogP contribution in [0.1, 0.15) is 17.5 Å². The molecule has 124 valence electrons. The van der Waals surface area contributed by atoms with Crippen LogP contribution < -0.4 is 10.5 Å². The smallest absolute Gasteiger partial charge is 0.206 e. The third kappa shape index (κ3) is 2.34. The summed E-state index contributed by atoms with van der Waals surface area (Å²) < 4.78 is 20.7. The van der Waals surface area contributed by atoms with E-state index in [0.29, 0.717) is 24.0 Å². The van der Waals surface area contributed by atoms with Crippen LogP contribution in [0.4, 0.5) is 10.1 Å². The summed E-state index contributed by atoms with van der Waals surface area (Å²) in [5.41, 5.74) is 6.51. The molecule has 4 N–H and O–H groups in total. The molecule has 1 aromatic heterocycles. The molecule has 0 radical (unpaired) electrons. The van der Waals surface area contributed by atoms with Crippen molar-refractivity contribution >= 4 is 23.4 Å². The number of nitrogen functional groups attached to an aromatic ring is 1. The van der Waals surface area contributed by atoms with Gasteiger partial charge in [0.05, 0.1) is 5.02 Å². The van der Waals surface area contributed by atoms with Gasteiger partial charge in [-0.05, 0) is 18.9 Å². The highest BCUT2D eigenvalue weighted by molar-refractivity contribution is 6.32. The maximum absolute atomic E-state index is 14.5. The van der Waals surface area contributed by atoms with Crippen LogP contribution in [0.2, 0.25) is 5.02 Å². The first kappa shape index (κ1) is 16.1. The van der Waals surface area contributed by atoms with Crippen molar-refractivity contribution in [3.05, 3.63) is 34.1 Å². The number of nitrogens with zero attached hydrogens (tertiary/aromatic N) is 1. The molecule has 0 aliphatic heterocycles. The minimum atomic E-state index is -0.813. The number of halogens is 2. The van der Waals surface area contributed by atoms with Crippen LogP contribution in [-0.2, 0) is 6.42 Å². The van der Waals surface area contributed by atoms with Crippen LogP contribution in [0.3, 0.4) is 0 Å². The average molecular weight is 349 g/mol. The van der Waals surface area contributed by atoms with Gasteiger partial charge in [0.1, 0.15) is 18.0 Å². The van der Waals surface area contributed by atoms with Crippen LogP contribution >= 0.6 is 11.6 Å². The summed E-state index contributed by atoms with van der Waals surface area (Å²) in [7, 11) is 0. The third-order valence-electron chi connectivity index (χ3n) is 3.82. The van der Waals surface area contributed by atoms with E-state index in [0.717, 1.165) is 10.6 Å². The van der Waals surface area contributed by atoms with Crippen LogP contribution in [-0.4, -0.2) is 21.4 Å². The summed E-state index contributed by atoms with van der Waals surface area (Å²) in [4.78, 5) is 0. The molecule has 0 amide bonds. The SMILES string of the molecule is C#CCOc1c(Cl)cc(F)c(-n2c(O)c3c(c2O)CCC=C3)c1N. The van der Waals surface area contributed by atoms with Gasteiger partial charge in [-0.1, -0.05) is 29.7 Å². The Hall–Kier alpha value is -2.78. The maximum Gasteiger partial charge on any atom is 0.206 e. The quantitative estimate of drug-likeness (QED) is 0.587. The Kier molecular flexibility index (Phi) is 4.04. The Balaban J connectivity index is 2.26. The molecule has 0 unspecified atom stereocenters. The highest BCUT2D eigenvalue weighted by Gasteiger charge is 2.28. The topological polar surface area (TPSA) is 80.6 Å². The van der Waals surface area contributed by atoms with Gasteiger partial charge >= 0.3 is 0 Å². The molecular formula is C17H14ClFN2O3. The Morgan fingerprint density at radius 3 is 2.83 bits per heavy atom. The Labute approximate surface area is 142 Å². The summed E-state index contributed by atoms with van der Waals surface area (Å²) in [6.45, 7) is -0.113. The van der Waals surface area contributed by atoms with Crippen LogP contribution in [0.5, 0.6) is 17.5 Å². The van der Waals surface area contributed by atoms with E-state index in [-0.39, 0.29) is 40.5 Å². The van der Waals surface area contributed by atoms with Crippen molar-refractivity contribution in [1.82, 2.24) is 4.57 Å². The zero-order valence-electron chi connectivity index (χ0n) is 12.5. The van der Waals surface area contributed by atoms with E-state index in [1.54, 1.807) is 6.08 Å². The molecule has 7 heteroatoms. The maximum atomic E-state index is 14.5. The highest BCUT2D eigenvalue weighted by atomic mass is 35.5. The first-order chi connectivity index (χ1) is 11.5. The molecule has 1 aromatic carbocycles. The normalized spacial score (nSPS) is 12.7. The lowest BCUT2D eigenvalue weighted by Gasteiger charge is -2.16. The number of ether oxygens (including phenoxy) is 1. The molecule has 5 nitrogen and oxygen atoms in total. The van der Waals surface area contributed by atoms with E-state index in [1.165, 1.54) is 0 Å². The molecule has 3 rings (SSSR count). The second kappa shape index (κ2) is 6.02. The van der Waals surface area contributed by atoms with E-state index in [1.807, 2.05) is 6.08 Å². The number of aromatic hydroxyl groups is 2. The van der Waals surface area contributed by atoms with Gasteiger partial charge in [-0.2, -0.15) is 0 Å². The van der Waals surface area contributed by atoms with Crippen molar-refractivity contribution in [3.8, 4) is 35.5 Å². The lowest BCUT2D eigenvalue weighted by atomic mass is 10.0. The molecular weight excluding hydrogens is 335 g/mol. The number of allylic oxidation sites excluding steroid dienone is 1. The van der Waals surface area contributed by atoms with E-state index < -0.39 is 5.82 Å². The number of benzene rings is 1. The number of nitrogens with two attached hydrogens (primary N) is 1. The molecule has 1 heterocycles. The van der Waals surface area contributed by atoms with Gasteiger partial charge in [0.15, 0.2) is 11.6 Å². The lowest BCUT2D eigenvalue weighted by Crippen LogP contribution is -2.07. The predicted octanol–water partition coefficient (Wildman–Crippen LogP) is 3.23. The van der Waals surface area contributed by atoms with Gasteiger partial charge in [0.2, 0.25) is 11.8 Å².